The molecule has 3 N–H and O–H groups in total. The number of anilines is 2. The number of pyridine rings is 1. The minimum absolute atomic E-state index is 0.553. The first-order valence-electron chi connectivity index (χ1n) is 5.75. The molecule has 3 nitrogen and oxygen atoms in total. The van der Waals surface area contributed by atoms with Gasteiger partial charge in [-0.1, -0.05) is 29.8 Å². The lowest BCUT2D eigenvalue weighted by Crippen LogP contribution is -2.07. The molecule has 0 spiro atoms. The predicted octanol–water partition coefficient (Wildman–Crippen LogP) is 2.63. The smallest absolute Gasteiger partial charge is 0.146 e. The summed E-state index contributed by atoms with van der Waals surface area (Å²) in [6.07, 6.45) is 2.68. The van der Waals surface area contributed by atoms with E-state index in [1.165, 1.54) is 11.1 Å². The molecule has 0 aliphatic carbocycles. The maximum absolute atomic E-state index is 5.75. The quantitative estimate of drug-likeness (QED) is 0.844. The lowest BCUT2D eigenvalue weighted by Gasteiger charge is -2.08. The van der Waals surface area contributed by atoms with Gasteiger partial charge in [-0.2, -0.15) is 0 Å². The van der Waals surface area contributed by atoms with Gasteiger partial charge in [0.2, 0.25) is 0 Å². The third-order valence-electron chi connectivity index (χ3n) is 2.65. The standard InChI is InChI=1S/C14H17N3/c1-11-4-2-5-12(10-11)7-9-16-13-6-3-8-17-14(13)15/h2-6,8,10,16H,7,9H2,1H3,(H2,15,17). The first kappa shape index (κ1) is 11.5. The van der Waals surface area contributed by atoms with E-state index in [0.717, 1.165) is 18.7 Å². The van der Waals surface area contributed by atoms with Gasteiger partial charge in [0.1, 0.15) is 5.82 Å². The van der Waals surface area contributed by atoms with Crippen molar-refractivity contribution in [1.29, 1.82) is 0 Å². The Hall–Kier alpha value is -2.03. The highest BCUT2D eigenvalue weighted by Gasteiger charge is 1.98. The van der Waals surface area contributed by atoms with Crippen LogP contribution in [0.5, 0.6) is 0 Å². The molecule has 0 radical (unpaired) electrons. The molecule has 0 fully saturated rings. The number of nitrogen functional groups attached to an aromatic ring is 1. The summed E-state index contributed by atoms with van der Waals surface area (Å²) in [4.78, 5) is 4.03. The van der Waals surface area contributed by atoms with Crippen LogP contribution >= 0.6 is 0 Å². The van der Waals surface area contributed by atoms with Crippen LogP contribution in [0.1, 0.15) is 11.1 Å². The maximum Gasteiger partial charge on any atom is 0.146 e. The van der Waals surface area contributed by atoms with Crippen molar-refractivity contribution in [3.63, 3.8) is 0 Å². The third-order valence-corrected chi connectivity index (χ3v) is 2.65. The fraction of sp³-hybridized carbons (Fsp3) is 0.214. The van der Waals surface area contributed by atoms with Gasteiger partial charge in [0.25, 0.3) is 0 Å². The summed E-state index contributed by atoms with van der Waals surface area (Å²) >= 11 is 0. The lowest BCUT2D eigenvalue weighted by atomic mass is 10.1. The zero-order valence-corrected chi connectivity index (χ0v) is 9.98. The van der Waals surface area contributed by atoms with Crippen LogP contribution in [0.15, 0.2) is 42.6 Å². The van der Waals surface area contributed by atoms with Gasteiger partial charge in [-0.05, 0) is 31.0 Å². The molecule has 0 saturated heterocycles. The molecule has 2 rings (SSSR count). The number of hydrogen-bond donors (Lipinski definition) is 2. The van der Waals surface area contributed by atoms with E-state index in [-0.39, 0.29) is 0 Å². The summed E-state index contributed by atoms with van der Waals surface area (Å²) in [5.74, 6) is 0.553. The zero-order valence-electron chi connectivity index (χ0n) is 9.98. The Bertz CT molecular complexity index is 494. The number of aromatic nitrogens is 1. The molecule has 0 atom stereocenters. The molecule has 2 aromatic rings. The highest BCUT2D eigenvalue weighted by Crippen LogP contribution is 2.13. The Balaban J connectivity index is 1.90. The SMILES string of the molecule is Cc1cccc(CCNc2cccnc2N)c1. The van der Waals surface area contributed by atoms with Crippen molar-refractivity contribution in [2.45, 2.75) is 13.3 Å². The highest BCUT2D eigenvalue weighted by molar-refractivity contribution is 5.60. The number of benzene rings is 1. The van der Waals surface area contributed by atoms with Crippen LogP contribution in [-0.4, -0.2) is 11.5 Å². The summed E-state index contributed by atoms with van der Waals surface area (Å²) < 4.78 is 0. The number of hydrogen-bond acceptors (Lipinski definition) is 3. The Kier molecular flexibility index (Phi) is 3.60. The molecular weight excluding hydrogens is 210 g/mol. The summed E-state index contributed by atoms with van der Waals surface area (Å²) in [6.45, 7) is 2.97. The average molecular weight is 227 g/mol. The van der Waals surface area contributed by atoms with Crippen molar-refractivity contribution in [3.8, 4) is 0 Å². The largest absolute Gasteiger partial charge is 0.382 e. The average Bonchev–Trinajstić information content (AvgIpc) is 2.32. The first-order chi connectivity index (χ1) is 8.25. The zero-order chi connectivity index (χ0) is 12.1. The topological polar surface area (TPSA) is 50.9 Å². The molecule has 0 bridgehead atoms. The van der Waals surface area contributed by atoms with E-state index in [0.29, 0.717) is 5.82 Å². The molecular formula is C14H17N3. The normalized spacial score (nSPS) is 10.2. The van der Waals surface area contributed by atoms with Crippen LogP contribution in [-0.2, 0) is 6.42 Å². The molecule has 1 aromatic heterocycles. The number of nitrogens with zero attached hydrogens (tertiary/aromatic N) is 1. The number of rotatable bonds is 4. The van der Waals surface area contributed by atoms with Crippen LogP contribution in [0.3, 0.4) is 0 Å². The third kappa shape index (κ3) is 3.21. The Morgan fingerprint density at radius 1 is 1.24 bits per heavy atom. The van der Waals surface area contributed by atoms with Gasteiger partial charge in [-0.15, -0.1) is 0 Å². The van der Waals surface area contributed by atoms with Crippen LogP contribution < -0.4 is 11.1 Å². The molecule has 0 aliphatic rings. The first-order valence-corrected chi connectivity index (χ1v) is 5.75. The van der Waals surface area contributed by atoms with E-state index in [9.17, 15) is 0 Å². The molecule has 0 unspecified atom stereocenters. The van der Waals surface area contributed by atoms with E-state index in [1.54, 1.807) is 6.20 Å². The van der Waals surface area contributed by atoms with Gasteiger partial charge in [-0.3, -0.25) is 0 Å². The Morgan fingerprint density at radius 2 is 2.12 bits per heavy atom. The number of nitrogens with two attached hydrogens (primary N) is 1. The second-order valence-corrected chi connectivity index (χ2v) is 4.10. The minimum Gasteiger partial charge on any atom is -0.382 e. The molecule has 88 valence electrons. The van der Waals surface area contributed by atoms with Gasteiger partial charge in [0.15, 0.2) is 0 Å². The molecule has 17 heavy (non-hydrogen) atoms. The summed E-state index contributed by atoms with van der Waals surface area (Å²) in [5.41, 5.74) is 9.28. The van der Waals surface area contributed by atoms with E-state index in [1.807, 2.05) is 12.1 Å². The predicted molar refractivity (Wildman–Crippen MR) is 72.0 cm³/mol. The van der Waals surface area contributed by atoms with Crippen molar-refractivity contribution in [2.75, 3.05) is 17.6 Å². The molecule has 1 aromatic carbocycles. The van der Waals surface area contributed by atoms with Crippen molar-refractivity contribution in [3.05, 3.63) is 53.7 Å². The molecule has 0 saturated carbocycles. The molecule has 0 aliphatic heterocycles. The van der Waals surface area contributed by atoms with E-state index in [2.05, 4.69) is 41.5 Å². The van der Waals surface area contributed by atoms with Crippen LogP contribution in [0.25, 0.3) is 0 Å². The maximum atomic E-state index is 5.75. The van der Waals surface area contributed by atoms with E-state index >= 15 is 0 Å². The summed E-state index contributed by atoms with van der Waals surface area (Å²) in [7, 11) is 0. The second kappa shape index (κ2) is 5.34. The van der Waals surface area contributed by atoms with Crippen molar-refractivity contribution < 1.29 is 0 Å². The van der Waals surface area contributed by atoms with Gasteiger partial charge < -0.3 is 11.1 Å². The van der Waals surface area contributed by atoms with Crippen LogP contribution in [0.4, 0.5) is 11.5 Å². The fourth-order valence-electron chi connectivity index (χ4n) is 1.78. The molecule has 0 amide bonds. The lowest BCUT2D eigenvalue weighted by molar-refractivity contribution is 1.01. The monoisotopic (exact) mass is 227 g/mol. The van der Waals surface area contributed by atoms with Crippen LogP contribution in [0.2, 0.25) is 0 Å². The van der Waals surface area contributed by atoms with Crippen LogP contribution in [0, 0.1) is 6.92 Å². The minimum atomic E-state index is 0.553. The van der Waals surface area contributed by atoms with Gasteiger partial charge in [0.05, 0.1) is 5.69 Å². The van der Waals surface area contributed by atoms with Crippen molar-refractivity contribution >= 4 is 11.5 Å². The second-order valence-electron chi connectivity index (χ2n) is 4.10. The summed E-state index contributed by atoms with van der Waals surface area (Å²) in [6, 6.07) is 12.4. The summed E-state index contributed by atoms with van der Waals surface area (Å²) in [5, 5.41) is 3.29. The van der Waals surface area contributed by atoms with Gasteiger partial charge >= 0.3 is 0 Å². The number of aryl methyl sites for hydroxylation is 1. The highest BCUT2D eigenvalue weighted by atomic mass is 14.9. The van der Waals surface area contributed by atoms with E-state index in [4.69, 9.17) is 5.73 Å². The van der Waals surface area contributed by atoms with Crippen molar-refractivity contribution in [2.24, 2.45) is 0 Å². The Morgan fingerprint density at radius 3 is 2.88 bits per heavy atom. The van der Waals surface area contributed by atoms with Gasteiger partial charge in [0, 0.05) is 12.7 Å². The van der Waals surface area contributed by atoms with Gasteiger partial charge in [-0.25, -0.2) is 4.98 Å². The number of nitrogens with one attached hydrogen (secondary N) is 1. The Labute approximate surface area is 102 Å². The molecule has 1 heterocycles. The van der Waals surface area contributed by atoms with Crippen molar-refractivity contribution in [1.82, 2.24) is 4.98 Å². The fourth-order valence-corrected chi connectivity index (χ4v) is 1.78. The molecule has 3 heteroatoms. The van der Waals surface area contributed by atoms with E-state index < -0.39 is 0 Å².